The summed E-state index contributed by atoms with van der Waals surface area (Å²) < 4.78 is 147. The number of benzene rings is 2. The Balaban J connectivity index is 1.66. The lowest BCUT2D eigenvalue weighted by atomic mass is 9.76. The Morgan fingerprint density at radius 3 is 2.11 bits per heavy atom. The van der Waals surface area contributed by atoms with Gasteiger partial charge in [0.1, 0.15) is 35.9 Å². The quantitative estimate of drug-likeness (QED) is 0.251. The third-order valence-corrected chi connectivity index (χ3v) is 12.5. The Hall–Kier alpha value is -2.39. The van der Waals surface area contributed by atoms with E-state index in [9.17, 15) is 53.2 Å². The van der Waals surface area contributed by atoms with E-state index in [-0.39, 0.29) is 56.2 Å². The molecule has 242 valence electrons. The summed E-state index contributed by atoms with van der Waals surface area (Å²) in [4.78, 5) is 24.9. The molecule has 0 spiro atoms. The third kappa shape index (κ3) is 4.83. The maximum Gasteiger partial charge on any atom is 0.435 e. The van der Waals surface area contributed by atoms with Crippen LogP contribution in [0.4, 0.5) is 35.1 Å². The Kier molecular flexibility index (Phi) is 7.73. The van der Waals surface area contributed by atoms with Gasteiger partial charge in [0.25, 0.3) is 0 Å². The fourth-order valence-corrected chi connectivity index (χ4v) is 9.86. The number of hydrogen-bond donors (Lipinski definition) is 1. The molecule has 1 aliphatic carbocycles. The van der Waals surface area contributed by atoms with Crippen LogP contribution >= 0.6 is 7.94 Å². The van der Waals surface area contributed by atoms with Crippen LogP contribution in [0, 0.1) is 11.2 Å². The molecule has 2 aliphatic heterocycles. The number of halogens is 8. The van der Waals surface area contributed by atoms with Crippen molar-refractivity contribution in [3.63, 3.8) is 0 Å². The molecule has 7 nitrogen and oxygen atoms in total. The zero-order valence-corrected chi connectivity index (χ0v) is 24.9. The van der Waals surface area contributed by atoms with Gasteiger partial charge in [-0.25, -0.2) is 17.2 Å². The lowest BCUT2D eigenvalue weighted by molar-refractivity contribution is -0.348. The predicted octanol–water partition coefficient (Wildman–Crippen LogP) is 5.77. The standard InChI is InChI=1S/C27H27F8NO6PS/c1-23(14-41-43(2,38)42-15-23)22(37)36-12-11-24(44(39,40)19-7-5-18(28)6-8-19)20-9-4-17(13-16(20)3-10-21(24)36)25(29,26(30,31)32)27(33,34)35/h4-9,13,21,38H,3,10-12,14-15H2,1-2H3/q+1/t21-,23?,24-,43?/m1/s1. The molecular formula is C27H27F8NO6PS+. The second-order valence-electron chi connectivity index (χ2n) is 11.6. The van der Waals surface area contributed by atoms with Gasteiger partial charge >= 0.3 is 26.0 Å². The lowest BCUT2D eigenvalue weighted by Crippen LogP contribution is -2.56. The summed E-state index contributed by atoms with van der Waals surface area (Å²) in [7, 11) is -7.80. The Morgan fingerprint density at radius 2 is 1.57 bits per heavy atom. The van der Waals surface area contributed by atoms with E-state index in [1.165, 1.54) is 18.5 Å². The highest BCUT2D eigenvalue weighted by atomic mass is 32.2. The van der Waals surface area contributed by atoms with Gasteiger partial charge in [0.05, 0.1) is 10.9 Å². The van der Waals surface area contributed by atoms with Crippen LogP contribution < -0.4 is 0 Å². The van der Waals surface area contributed by atoms with E-state index in [0.29, 0.717) is 6.07 Å². The summed E-state index contributed by atoms with van der Waals surface area (Å²) in [6.45, 7) is 2.09. The molecule has 1 amide bonds. The number of carbonyl (C=O) groups is 1. The fraction of sp³-hybridized carbons (Fsp3) is 0.519. The van der Waals surface area contributed by atoms with Gasteiger partial charge < -0.3 is 4.90 Å². The number of fused-ring (bicyclic) bond motifs is 3. The van der Waals surface area contributed by atoms with Crippen LogP contribution in [0.2, 0.25) is 0 Å². The number of likely N-dealkylation sites (tertiary alicyclic amines) is 1. The first kappa shape index (κ1) is 33.0. The van der Waals surface area contributed by atoms with Gasteiger partial charge in [-0.05, 0) is 61.6 Å². The van der Waals surface area contributed by atoms with E-state index < -0.39 is 74.2 Å². The number of alkyl halides is 7. The molecule has 0 bridgehead atoms. The molecule has 2 fully saturated rings. The molecule has 2 aromatic carbocycles. The summed E-state index contributed by atoms with van der Waals surface area (Å²) in [6.07, 6.45) is -13.6. The van der Waals surface area contributed by atoms with E-state index in [2.05, 4.69) is 0 Å². The second kappa shape index (κ2) is 10.3. The van der Waals surface area contributed by atoms with E-state index in [1.807, 2.05) is 0 Å². The molecule has 5 rings (SSSR count). The number of sulfone groups is 1. The third-order valence-electron chi connectivity index (χ3n) is 8.69. The van der Waals surface area contributed by atoms with Crippen LogP contribution in [0.5, 0.6) is 0 Å². The highest BCUT2D eigenvalue weighted by Crippen LogP contribution is 2.60. The fourth-order valence-electron chi connectivity index (χ4n) is 6.37. The van der Waals surface area contributed by atoms with Gasteiger partial charge in [-0.15, -0.1) is 0 Å². The average molecular weight is 677 g/mol. The normalized spacial score (nSPS) is 29.7. The van der Waals surface area contributed by atoms with Crippen LogP contribution in [0.1, 0.15) is 36.5 Å². The molecule has 0 saturated carbocycles. The predicted molar refractivity (Wildman–Crippen MR) is 140 cm³/mol. The van der Waals surface area contributed by atoms with Crippen molar-refractivity contribution < 1.29 is 62.3 Å². The average Bonchev–Trinajstić information content (AvgIpc) is 3.34. The first-order chi connectivity index (χ1) is 20.1. The topological polar surface area (TPSA) is 93.1 Å². The number of carbonyl (C=O) groups excluding carboxylic acids is 1. The van der Waals surface area contributed by atoms with Crippen molar-refractivity contribution in [1.82, 2.24) is 4.90 Å². The van der Waals surface area contributed by atoms with Crippen LogP contribution in [-0.2, 0) is 40.5 Å². The largest absolute Gasteiger partial charge is 0.435 e. The Morgan fingerprint density at radius 1 is 1.00 bits per heavy atom. The molecule has 1 N–H and O–H groups in total. The molecule has 44 heavy (non-hydrogen) atoms. The minimum Gasteiger partial charge on any atom is -0.337 e. The number of aryl methyl sites for hydroxylation is 1. The van der Waals surface area contributed by atoms with E-state index in [0.717, 1.165) is 30.3 Å². The highest BCUT2D eigenvalue weighted by Gasteiger charge is 2.74. The summed E-state index contributed by atoms with van der Waals surface area (Å²) >= 11 is 0. The first-order valence-electron chi connectivity index (χ1n) is 13.3. The van der Waals surface area contributed by atoms with Gasteiger partial charge in [-0.2, -0.15) is 40.3 Å². The van der Waals surface area contributed by atoms with Crippen LogP contribution in [0.3, 0.4) is 0 Å². The zero-order chi connectivity index (χ0) is 32.7. The monoisotopic (exact) mass is 676 g/mol. The van der Waals surface area contributed by atoms with Crippen molar-refractivity contribution >= 4 is 23.7 Å². The summed E-state index contributed by atoms with van der Waals surface area (Å²) in [5, 5.41) is 0. The minimum absolute atomic E-state index is 0.181. The van der Waals surface area contributed by atoms with E-state index in [4.69, 9.17) is 9.05 Å². The summed E-state index contributed by atoms with van der Waals surface area (Å²) in [5.41, 5.74) is -9.29. The molecular weight excluding hydrogens is 649 g/mol. The van der Waals surface area contributed by atoms with Gasteiger partial charge in [0, 0.05) is 12.1 Å². The summed E-state index contributed by atoms with van der Waals surface area (Å²) in [5.74, 6) is -1.37. The summed E-state index contributed by atoms with van der Waals surface area (Å²) in [6, 6.07) is 3.92. The number of amides is 1. The Bertz CT molecular complexity index is 1560. The first-order valence-corrected chi connectivity index (χ1v) is 16.8. The lowest BCUT2D eigenvalue weighted by Gasteiger charge is -2.44. The van der Waals surface area contributed by atoms with Crippen molar-refractivity contribution in [1.29, 1.82) is 0 Å². The molecule has 0 aromatic heterocycles. The molecule has 2 saturated heterocycles. The van der Waals surface area contributed by atoms with Crippen molar-refractivity contribution in [2.24, 2.45) is 5.41 Å². The van der Waals surface area contributed by atoms with Crippen molar-refractivity contribution in [3.8, 4) is 0 Å². The van der Waals surface area contributed by atoms with Crippen molar-refractivity contribution in [3.05, 3.63) is 65.0 Å². The van der Waals surface area contributed by atoms with Crippen LogP contribution in [-0.4, -0.2) is 68.9 Å². The van der Waals surface area contributed by atoms with Gasteiger partial charge in [0.2, 0.25) is 5.91 Å². The zero-order valence-electron chi connectivity index (χ0n) is 23.2. The van der Waals surface area contributed by atoms with Crippen LogP contribution in [0.25, 0.3) is 0 Å². The SMILES string of the molecule is CC1(C(=O)N2CC[C@@]3(S(=O)(=O)c4ccc(F)cc4)c4ccc(C(F)(C(F)(F)F)C(F)(F)F)cc4CC[C@@H]23)CO[P+](C)(O)OC1. The molecule has 2 aromatic rings. The van der Waals surface area contributed by atoms with Crippen molar-refractivity contribution in [2.75, 3.05) is 26.4 Å². The Labute approximate surface area is 247 Å². The molecule has 3 aliphatic rings. The molecule has 17 heteroatoms. The maximum atomic E-state index is 15.0. The minimum atomic E-state index is -6.38. The van der Waals surface area contributed by atoms with E-state index in [1.54, 1.807) is 0 Å². The number of nitrogens with zero attached hydrogens (tertiary/aromatic N) is 1. The molecule has 0 radical (unpaired) electrons. The van der Waals surface area contributed by atoms with Gasteiger partial charge in [-0.3, -0.25) is 4.79 Å². The van der Waals surface area contributed by atoms with E-state index >= 15 is 0 Å². The number of hydrogen-bond acceptors (Lipinski definition) is 6. The van der Waals surface area contributed by atoms with Gasteiger partial charge in [-0.1, -0.05) is 18.2 Å². The van der Waals surface area contributed by atoms with Crippen LogP contribution in [0.15, 0.2) is 47.4 Å². The maximum absolute atomic E-state index is 15.0. The highest BCUT2D eigenvalue weighted by molar-refractivity contribution is 7.92. The smallest absolute Gasteiger partial charge is 0.337 e. The molecule has 2 heterocycles. The molecule has 2 atom stereocenters. The molecule has 0 unspecified atom stereocenters. The van der Waals surface area contributed by atoms with Gasteiger partial charge in [0.15, 0.2) is 9.84 Å². The number of rotatable bonds is 4. The van der Waals surface area contributed by atoms with Crippen molar-refractivity contribution in [2.45, 2.75) is 59.9 Å². The second-order valence-corrected chi connectivity index (χ2v) is 15.9.